The van der Waals surface area contributed by atoms with Gasteiger partial charge in [0.15, 0.2) is 0 Å². The highest BCUT2D eigenvalue weighted by Gasteiger charge is 2.32. The summed E-state index contributed by atoms with van der Waals surface area (Å²) in [4.78, 5) is 0. The Morgan fingerprint density at radius 3 is 2.12 bits per heavy atom. The molecule has 1 nitrogen and oxygen atoms in total. The standard InChI is InChI=1S/C16H31N/c1-7-17-15(12(2)3)13-8-10-14(11-9-13)16(4,5)6/h13-15,17H,2,7-11H2,1,3-6H3. The van der Waals surface area contributed by atoms with Gasteiger partial charge in [0.2, 0.25) is 0 Å². The van der Waals surface area contributed by atoms with Crippen LogP contribution in [0.15, 0.2) is 12.2 Å². The normalized spacial score (nSPS) is 27.8. The van der Waals surface area contributed by atoms with Gasteiger partial charge < -0.3 is 5.32 Å². The maximum Gasteiger partial charge on any atom is 0.0302 e. The zero-order valence-corrected chi connectivity index (χ0v) is 12.5. The van der Waals surface area contributed by atoms with Crippen molar-refractivity contribution in [2.45, 2.75) is 66.3 Å². The Hall–Kier alpha value is -0.300. The molecule has 1 aliphatic rings. The van der Waals surface area contributed by atoms with Gasteiger partial charge in [0.1, 0.15) is 0 Å². The molecule has 0 aromatic carbocycles. The van der Waals surface area contributed by atoms with Gasteiger partial charge in [0.25, 0.3) is 0 Å². The summed E-state index contributed by atoms with van der Waals surface area (Å²) in [6.07, 6.45) is 5.52. The lowest BCUT2D eigenvalue weighted by Crippen LogP contribution is -2.39. The molecule has 100 valence electrons. The second kappa shape index (κ2) is 6.04. The molecule has 1 fully saturated rings. The van der Waals surface area contributed by atoms with Crippen molar-refractivity contribution in [1.82, 2.24) is 5.32 Å². The van der Waals surface area contributed by atoms with Gasteiger partial charge in [-0.15, -0.1) is 0 Å². The van der Waals surface area contributed by atoms with E-state index in [-0.39, 0.29) is 0 Å². The molecule has 0 spiro atoms. The first-order valence-corrected chi connectivity index (χ1v) is 7.25. The Morgan fingerprint density at radius 1 is 1.24 bits per heavy atom. The molecule has 1 N–H and O–H groups in total. The molecule has 17 heavy (non-hydrogen) atoms. The fraction of sp³-hybridized carbons (Fsp3) is 0.875. The van der Waals surface area contributed by atoms with Crippen molar-refractivity contribution >= 4 is 0 Å². The van der Waals surface area contributed by atoms with Gasteiger partial charge in [-0.2, -0.15) is 0 Å². The molecule has 1 aliphatic carbocycles. The van der Waals surface area contributed by atoms with Crippen LogP contribution in [0.5, 0.6) is 0 Å². The van der Waals surface area contributed by atoms with Crippen LogP contribution in [0, 0.1) is 17.3 Å². The zero-order valence-electron chi connectivity index (χ0n) is 12.5. The fourth-order valence-electron chi connectivity index (χ4n) is 3.28. The molecule has 0 aliphatic heterocycles. The Balaban J connectivity index is 2.52. The Kier molecular flexibility index (Phi) is 5.24. The van der Waals surface area contributed by atoms with E-state index in [2.05, 4.69) is 46.5 Å². The van der Waals surface area contributed by atoms with Crippen molar-refractivity contribution in [3.05, 3.63) is 12.2 Å². The molecule has 1 saturated carbocycles. The molecule has 1 rings (SSSR count). The number of nitrogens with one attached hydrogen (secondary N) is 1. The van der Waals surface area contributed by atoms with Crippen molar-refractivity contribution in [2.75, 3.05) is 6.54 Å². The van der Waals surface area contributed by atoms with Crippen molar-refractivity contribution in [3.63, 3.8) is 0 Å². The maximum atomic E-state index is 4.15. The first kappa shape index (κ1) is 14.8. The monoisotopic (exact) mass is 237 g/mol. The van der Waals surface area contributed by atoms with Gasteiger partial charge in [-0.25, -0.2) is 0 Å². The van der Waals surface area contributed by atoms with Crippen molar-refractivity contribution in [3.8, 4) is 0 Å². The third-order valence-electron chi connectivity index (χ3n) is 4.42. The average molecular weight is 237 g/mol. The van der Waals surface area contributed by atoms with Crippen LogP contribution in [0.3, 0.4) is 0 Å². The smallest absolute Gasteiger partial charge is 0.0302 e. The number of likely N-dealkylation sites (N-methyl/N-ethyl adjacent to an activating group) is 1. The molecule has 0 aromatic heterocycles. The molecular formula is C16H31N. The predicted molar refractivity (Wildman–Crippen MR) is 77.2 cm³/mol. The molecular weight excluding hydrogens is 206 g/mol. The molecule has 0 aromatic rings. The van der Waals surface area contributed by atoms with Crippen molar-refractivity contribution in [2.24, 2.45) is 17.3 Å². The highest BCUT2D eigenvalue weighted by Crippen LogP contribution is 2.41. The Bertz CT molecular complexity index is 241. The second-order valence-electron chi connectivity index (χ2n) is 6.86. The summed E-state index contributed by atoms with van der Waals surface area (Å²) in [6.45, 7) is 16.7. The Labute approximate surface area is 108 Å². The van der Waals surface area contributed by atoms with Gasteiger partial charge in [-0.3, -0.25) is 0 Å². The lowest BCUT2D eigenvalue weighted by Gasteiger charge is -2.40. The minimum absolute atomic E-state index is 0.488. The maximum absolute atomic E-state index is 4.15. The summed E-state index contributed by atoms with van der Waals surface area (Å²) >= 11 is 0. The lowest BCUT2D eigenvalue weighted by atomic mass is 9.68. The third kappa shape index (κ3) is 4.13. The molecule has 0 bridgehead atoms. The van der Waals surface area contributed by atoms with E-state index in [9.17, 15) is 0 Å². The SMILES string of the molecule is C=C(C)C(NCC)C1CCC(C(C)(C)C)CC1. The van der Waals surface area contributed by atoms with Crippen molar-refractivity contribution in [1.29, 1.82) is 0 Å². The van der Waals surface area contributed by atoms with Gasteiger partial charge in [-0.1, -0.05) is 39.8 Å². The van der Waals surface area contributed by atoms with Crippen LogP contribution >= 0.6 is 0 Å². The molecule has 1 unspecified atom stereocenters. The number of hydrogen-bond donors (Lipinski definition) is 1. The summed E-state index contributed by atoms with van der Waals surface area (Å²) in [5.74, 6) is 1.72. The van der Waals surface area contributed by atoms with E-state index in [0.717, 1.165) is 18.4 Å². The van der Waals surface area contributed by atoms with Crippen LogP contribution in [0.1, 0.15) is 60.3 Å². The summed E-state index contributed by atoms with van der Waals surface area (Å²) in [7, 11) is 0. The largest absolute Gasteiger partial charge is 0.310 e. The Morgan fingerprint density at radius 2 is 1.76 bits per heavy atom. The minimum Gasteiger partial charge on any atom is -0.310 e. The first-order chi connectivity index (χ1) is 7.86. The van der Waals surface area contributed by atoms with E-state index in [1.54, 1.807) is 0 Å². The van der Waals surface area contributed by atoms with Crippen LogP contribution in [0.25, 0.3) is 0 Å². The zero-order chi connectivity index (χ0) is 13.1. The number of hydrogen-bond acceptors (Lipinski definition) is 1. The van der Waals surface area contributed by atoms with Gasteiger partial charge in [0, 0.05) is 6.04 Å². The summed E-state index contributed by atoms with van der Waals surface area (Å²) < 4.78 is 0. The average Bonchev–Trinajstić information content (AvgIpc) is 2.24. The van der Waals surface area contributed by atoms with Crippen molar-refractivity contribution < 1.29 is 0 Å². The molecule has 0 amide bonds. The first-order valence-electron chi connectivity index (χ1n) is 7.25. The molecule has 1 atom stereocenters. The van der Waals surface area contributed by atoms with Crippen LogP contribution in [-0.2, 0) is 0 Å². The van der Waals surface area contributed by atoms with Crippen LogP contribution < -0.4 is 5.32 Å². The third-order valence-corrected chi connectivity index (χ3v) is 4.42. The van der Waals surface area contributed by atoms with Gasteiger partial charge in [0.05, 0.1) is 0 Å². The van der Waals surface area contributed by atoms with Crippen LogP contribution in [-0.4, -0.2) is 12.6 Å². The summed E-state index contributed by atoms with van der Waals surface area (Å²) in [5, 5.41) is 3.61. The summed E-state index contributed by atoms with van der Waals surface area (Å²) in [6, 6.07) is 0.543. The van der Waals surface area contributed by atoms with E-state index in [1.807, 2.05) is 0 Å². The van der Waals surface area contributed by atoms with E-state index < -0.39 is 0 Å². The van der Waals surface area contributed by atoms with E-state index in [4.69, 9.17) is 0 Å². The predicted octanol–water partition coefficient (Wildman–Crippen LogP) is 4.39. The minimum atomic E-state index is 0.488. The topological polar surface area (TPSA) is 12.0 Å². The van der Waals surface area contributed by atoms with Crippen LogP contribution in [0.4, 0.5) is 0 Å². The molecule has 1 heteroatoms. The number of rotatable bonds is 4. The van der Waals surface area contributed by atoms with E-state index in [1.165, 1.54) is 31.3 Å². The van der Waals surface area contributed by atoms with Gasteiger partial charge in [-0.05, 0) is 56.4 Å². The molecule has 0 radical (unpaired) electrons. The quantitative estimate of drug-likeness (QED) is 0.715. The van der Waals surface area contributed by atoms with Crippen LogP contribution in [0.2, 0.25) is 0 Å². The highest BCUT2D eigenvalue weighted by atomic mass is 14.9. The lowest BCUT2D eigenvalue weighted by molar-refractivity contribution is 0.138. The second-order valence-corrected chi connectivity index (χ2v) is 6.86. The molecule has 0 heterocycles. The van der Waals surface area contributed by atoms with Gasteiger partial charge >= 0.3 is 0 Å². The molecule has 0 saturated heterocycles. The van der Waals surface area contributed by atoms with E-state index >= 15 is 0 Å². The highest BCUT2D eigenvalue weighted by molar-refractivity contribution is 5.05. The fourth-order valence-corrected chi connectivity index (χ4v) is 3.28. The van der Waals surface area contributed by atoms with E-state index in [0.29, 0.717) is 11.5 Å². The summed E-state index contributed by atoms with van der Waals surface area (Å²) in [5.41, 5.74) is 1.80.